The summed E-state index contributed by atoms with van der Waals surface area (Å²) in [5, 5.41) is 10.1. The van der Waals surface area contributed by atoms with Crippen molar-refractivity contribution in [1.29, 1.82) is 0 Å². The highest BCUT2D eigenvalue weighted by Gasteiger charge is 2.16. The summed E-state index contributed by atoms with van der Waals surface area (Å²) in [6.45, 7) is 1.94. The molecule has 1 amide bonds. The van der Waals surface area contributed by atoms with E-state index >= 15 is 0 Å². The molecule has 0 aromatic carbocycles. The SMILES string of the molecule is CCOC(=O)c1cnc(C(=O)Nc2nncs2)c(Cl)c1. The molecule has 20 heavy (non-hydrogen) atoms. The topological polar surface area (TPSA) is 94.1 Å². The summed E-state index contributed by atoms with van der Waals surface area (Å²) < 4.78 is 4.81. The third kappa shape index (κ3) is 3.28. The van der Waals surface area contributed by atoms with Crippen molar-refractivity contribution in [2.75, 3.05) is 11.9 Å². The van der Waals surface area contributed by atoms with Gasteiger partial charge < -0.3 is 4.74 Å². The van der Waals surface area contributed by atoms with E-state index < -0.39 is 11.9 Å². The number of nitrogens with one attached hydrogen (secondary N) is 1. The van der Waals surface area contributed by atoms with Gasteiger partial charge in [-0.1, -0.05) is 22.9 Å². The second kappa shape index (κ2) is 6.40. The molecule has 2 aromatic rings. The van der Waals surface area contributed by atoms with Crippen LogP contribution >= 0.6 is 22.9 Å². The molecule has 0 radical (unpaired) electrons. The van der Waals surface area contributed by atoms with Crippen LogP contribution in [-0.2, 0) is 4.74 Å². The Balaban J connectivity index is 2.17. The molecule has 104 valence electrons. The molecule has 0 aliphatic carbocycles. The van der Waals surface area contributed by atoms with Gasteiger partial charge in [0.25, 0.3) is 5.91 Å². The van der Waals surface area contributed by atoms with Crippen molar-refractivity contribution in [2.45, 2.75) is 6.92 Å². The molecular weight excluding hydrogens is 304 g/mol. The minimum absolute atomic E-state index is 0.00471. The number of esters is 1. The number of ether oxygens (including phenoxy) is 1. The Labute approximate surface area is 123 Å². The van der Waals surface area contributed by atoms with Gasteiger partial charge >= 0.3 is 5.97 Å². The van der Waals surface area contributed by atoms with Gasteiger partial charge in [-0.15, -0.1) is 10.2 Å². The molecule has 0 spiro atoms. The van der Waals surface area contributed by atoms with E-state index in [0.29, 0.717) is 5.13 Å². The number of halogens is 1. The maximum absolute atomic E-state index is 11.9. The molecule has 2 aromatic heterocycles. The van der Waals surface area contributed by atoms with Gasteiger partial charge in [-0.05, 0) is 13.0 Å². The quantitative estimate of drug-likeness (QED) is 0.868. The second-order valence-corrected chi connectivity index (χ2v) is 4.71. The zero-order chi connectivity index (χ0) is 14.5. The van der Waals surface area contributed by atoms with Crippen LogP contribution in [0.1, 0.15) is 27.8 Å². The van der Waals surface area contributed by atoms with Crippen LogP contribution in [-0.4, -0.2) is 33.7 Å². The number of nitrogens with zero attached hydrogens (tertiary/aromatic N) is 3. The van der Waals surface area contributed by atoms with E-state index in [9.17, 15) is 9.59 Å². The first kappa shape index (κ1) is 14.4. The number of carbonyl (C=O) groups is 2. The zero-order valence-electron chi connectivity index (χ0n) is 10.3. The van der Waals surface area contributed by atoms with Crippen LogP contribution in [0.5, 0.6) is 0 Å². The largest absolute Gasteiger partial charge is 0.462 e. The molecule has 0 bridgehead atoms. The highest BCUT2D eigenvalue weighted by atomic mass is 35.5. The van der Waals surface area contributed by atoms with Crippen molar-refractivity contribution in [3.05, 3.63) is 34.1 Å². The predicted molar refractivity (Wildman–Crippen MR) is 73.1 cm³/mol. The Morgan fingerprint density at radius 3 is 2.90 bits per heavy atom. The molecule has 2 heterocycles. The highest BCUT2D eigenvalue weighted by Crippen LogP contribution is 2.18. The summed E-state index contributed by atoms with van der Waals surface area (Å²) in [6, 6.07) is 1.33. The highest BCUT2D eigenvalue weighted by molar-refractivity contribution is 7.13. The number of rotatable bonds is 4. The number of pyridine rings is 1. The number of hydrogen-bond donors (Lipinski definition) is 1. The molecule has 9 heteroatoms. The third-order valence-electron chi connectivity index (χ3n) is 2.15. The normalized spacial score (nSPS) is 10.1. The van der Waals surface area contributed by atoms with Crippen molar-refractivity contribution in [1.82, 2.24) is 15.2 Å². The Kier molecular flexibility index (Phi) is 4.59. The molecular formula is C11H9ClN4O3S. The molecule has 0 fully saturated rings. The second-order valence-electron chi connectivity index (χ2n) is 3.47. The van der Waals surface area contributed by atoms with E-state index in [1.54, 1.807) is 6.92 Å². The molecule has 2 rings (SSSR count). The number of amides is 1. The monoisotopic (exact) mass is 312 g/mol. The van der Waals surface area contributed by atoms with Crippen LogP contribution in [0.15, 0.2) is 17.8 Å². The molecule has 1 N–H and O–H groups in total. The van der Waals surface area contributed by atoms with E-state index in [-0.39, 0.29) is 22.9 Å². The smallest absolute Gasteiger partial charge is 0.339 e. The number of carbonyl (C=O) groups excluding carboxylic acids is 2. The first-order valence-corrected chi connectivity index (χ1v) is 6.77. The molecule has 0 saturated carbocycles. The average Bonchev–Trinajstić information content (AvgIpc) is 2.91. The Morgan fingerprint density at radius 2 is 2.30 bits per heavy atom. The zero-order valence-corrected chi connectivity index (χ0v) is 11.9. The van der Waals surface area contributed by atoms with E-state index in [0.717, 1.165) is 0 Å². The van der Waals surface area contributed by atoms with Gasteiger partial charge in [0.1, 0.15) is 11.2 Å². The fraction of sp³-hybridized carbons (Fsp3) is 0.182. The van der Waals surface area contributed by atoms with Gasteiger partial charge in [0.2, 0.25) is 5.13 Å². The lowest BCUT2D eigenvalue weighted by atomic mass is 10.2. The van der Waals surface area contributed by atoms with Crippen LogP contribution in [0.3, 0.4) is 0 Å². The van der Waals surface area contributed by atoms with Gasteiger partial charge in [0.05, 0.1) is 17.2 Å². The summed E-state index contributed by atoms with van der Waals surface area (Å²) in [7, 11) is 0. The Hall–Kier alpha value is -2.06. The molecule has 0 saturated heterocycles. The maximum atomic E-state index is 11.9. The van der Waals surface area contributed by atoms with Crippen molar-refractivity contribution in [3.63, 3.8) is 0 Å². The fourth-order valence-electron chi connectivity index (χ4n) is 1.31. The Morgan fingerprint density at radius 1 is 1.50 bits per heavy atom. The van der Waals surface area contributed by atoms with Gasteiger partial charge in [-0.3, -0.25) is 10.1 Å². The maximum Gasteiger partial charge on any atom is 0.339 e. The van der Waals surface area contributed by atoms with Crippen LogP contribution in [0, 0.1) is 0 Å². The van der Waals surface area contributed by atoms with E-state index in [1.807, 2.05) is 0 Å². The predicted octanol–water partition coefficient (Wildman–Crippen LogP) is 2.02. The fourth-order valence-corrected chi connectivity index (χ4v) is 2.01. The average molecular weight is 313 g/mol. The minimum Gasteiger partial charge on any atom is -0.462 e. The molecule has 0 atom stereocenters. The summed E-state index contributed by atoms with van der Waals surface area (Å²) >= 11 is 7.11. The molecule has 0 unspecified atom stereocenters. The van der Waals surface area contributed by atoms with Crippen LogP contribution in [0.2, 0.25) is 5.02 Å². The summed E-state index contributed by atoms with van der Waals surface area (Å²) in [4.78, 5) is 27.3. The van der Waals surface area contributed by atoms with Crippen LogP contribution < -0.4 is 5.32 Å². The van der Waals surface area contributed by atoms with Crippen LogP contribution in [0.4, 0.5) is 5.13 Å². The van der Waals surface area contributed by atoms with Crippen molar-refractivity contribution in [3.8, 4) is 0 Å². The van der Waals surface area contributed by atoms with Crippen LogP contribution in [0.25, 0.3) is 0 Å². The van der Waals surface area contributed by atoms with E-state index in [1.165, 1.54) is 29.1 Å². The van der Waals surface area contributed by atoms with Crippen molar-refractivity contribution in [2.24, 2.45) is 0 Å². The van der Waals surface area contributed by atoms with Gasteiger partial charge in [0, 0.05) is 6.20 Å². The molecule has 7 nitrogen and oxygen atoms in total. The van der Waals surface area contributed by atoms with Gasteiger partial charge in [0.15, 0.2) is 0 Å². The number of anilines is 1. The molecule has 0 aliphatic heterocycles. The van der Waals surface area contributed by atoms with E-state index in [4.69, 9.17) is 16.3 Å². The lowest BCUT2D eigenvalue weighted by Crippen LogP contribution is -2.15. The third-order valence-corrected chi connectivity index (χ3v) is 3.04. The summed E-state index contributed by atoms with van der Waals surface area (Å²) in [6.07, 6.45) is 1.24. The standard InChI is InChI=1S/C11H9ClN4O3S/c1-2-19-10(18)6-3-7(12)8(13-4-6)9(17)15-11-16-14-5-20-11/h3-5H,2H2,1H3,(H,15,16,17). The van der Waals surface area contributed by atoms with Gasteiger partial charge in [-0.25, -0.2) is 9.78 Å². The molecule has 0 aliphatic rings. The number of hydrogen-bond acceptors (Lipinski definition) is 7. The van der Waals surface area contributed by atoms with E-state index in [2.05, 4.69) is 20.5 Å². The minimum atomic E-state index is -0.544. The Bertz CT molecular complexity index is 633. The lowest BCUT2D eigenvalue weighted by Gasteiger charge is -2.05. The number of aromatic nitrogens is 3. The first-order valence-electron chi connectivity index (χ1n) is 5.52. The first-order chi connectivity index (χ1) is 9.61. The summed E-state index contributed by atoms with van der Waals surface area (Å²) in [5.41, 5.74) is 1.66. The van der Waals surface area contributed by atoms with Crippen molar-refractivity contribution < 1.29 is 14.3 Å². The van der Waals surface area contributed by atoms with Crippen molar-refractivity contribution >= 4 is 39.9 Å². The summed E-state index contributed by atoms with van der Waals surface area (Å²) in [5.74, 6) is -1.07. The lowest BCUT2D eigenvalue weighted by molar-refractivity contribution is 0.0525. The van der Waals surface area contributed by atoms with Gasteiger partial charge in [-0.2, -0.15) is 0 Å².